The molecule has 0 saturated heterocycles. The summed E-state index contributed by atoms with van der Waals surface area (Å²) < 4.78 is 0. The van der Waals surface area contributed by atoms with E-state index in [0.717, 1.165) is 0 Å². The number of aromatic carboxylic acids is 1. The van der Waals surface area contributed by atoms with Gasteiger partial charge in [0.25, 0.3) is 5.69 Å². The van der Waals surface area contributed by atoms with E-state index in [0.29, 0.717) is 11.4 Å². The molecule has 2 N–H and O–H groups in total. The number of nitrogens with one attached hydrogen (secondary N) is 1. The van der Waals surface area contributed by atoms with Crippen molar-refractivity contribution in [2.45, 2.75) is 6.54 Å². The summed E-state index contributed by atoms with van der Waals surface area (Å²) in [6.45, 7) is 0.193. The number of nitrogens with zero attached hydrogens (tertiary/aromatic N) is 3. The fraction of sp³-hybridized carbons (Fsp3) is 0.0833. The van der Waals surface area contributed by atoms with Gasteiger partial charge < -0.3 is 10.4 Å². The van der Waals surface area contributed by atoms with Crippen LogP contribution in [0, 0.1) is 10.1 Å². The molecule has 0 atom stereocenters. The van der Waals surface area contributed by atoms with Crippen molar-refractivity contribution in [2.24, 2.45) is 0 Å². The molecule has 0 fully saturated rings. The van der Waals surface area contributed by atoms with Gasteiger partial charge in [-0.15, -0.1) is 10.2 Å². The minimum atomic E-state index is -1.16. The molecule has 0 bridgehead atoms. The van der Waals surface area contributed by atoms with Crippen LogP contribution in [0.25, 0.3) is 0 Å². The number of hydrogen-bond donors (Lipinski definition) is 2. The van der Waals surface area contributed by atoms with Crippen molar-refractivity contribution in [3.8, 4) is 0 Å². The number of carbonyl (C=O) groups is 1. The normalized spacial score (nSPS) is 10.0. The van der Waals surface area contributed by atoms with Crippen LogP contribution in [0.1, 0.15) is 16.1 Å². The predicted molar refractivity (Wildman–Crippen MR) is 69.4 cm³/mol. The Hall–Kier alpha value is -3.03. The Balaban J connectivity index is 2.09. The first kappa shape index (κ1) is 13.4. The van der Waals surface area contributed by atoms with Crippen LogP contribution in [0.4, 0.5) is 11.5 Å². The predicted octanol–water partition coefficient (Wildman–Crippen LogP) is 1.70. The summed E-state index contributed by atoms with van der Waals surface area (Å²) in [6.07, 6.45) is 0. The fourth-order valence-corrected chi connectivity index (χ4v) is 1.56. The van der Waals surface area contributed by atoms with Gasteiger partial charge in [-0.3, -0.25) is 10.1 Å². The van der Waals surface area contributed by atoms with Crippen molar-refractivity contribution in [1.29, 1.82) is 0 Å². The highest BCUT2D eigenvalue weighted by molar-refractivity contribution is 5.85. The van der Waals surface area contributed by atoms with E-state index < -0.39 is 10.9 Å². The zero-order chi connectivity index (χ0) is 14.5. The lowest BCUT2D eigenvalue weighted by molar-refractivity contribution is -0.385. The molecule has 102 valence electrons. The molecule has 20 heavy (non-hydrogen) atoms. The van der Waals surface area contributed by atoms with Gasteiger partial charge in [0.15, 0.2) is 5.69 Å². The van der Waals surface area contributed by atoms with Gasteiger partial charge in [0.05, 0.1) is 4.92 Å². The standard InChI is InChI=1S/C12H10N4O4/c17-12(18)9-5-6-11(15-14-9)13-7-8-3-1-2-4-10(8)16(19)20/h1-6H,7H2,(H,13,15)(H,17,18). The van der Waals surface area contributed by atoms with E-state index in [1.54, 1.807) is 18.2 Å². The first-order valence-corrected chi connectivity index (χ1v) is 5.61. The molecule has 0 saturated carbocycles. The summed E-state index contributed by atoms with van der Waals surface area (Å²) in [5.41, 5.74) is 0.345. The molecule has 1 aromatic heterocycles. The minimum Gasteiger partial charge on any atom is -0.476 e. The van der Waals surface area contributed by atoms with Crippen LogP contribution in [0.2, 0.25) is 0 Å². The van der Waals surface area contributed by atoms with E-state index in [1.807, 2.05) is 0 Å². The van der Waals surface area contributed by atoms with Crippen molar-refractivity contribution < 1.29 is 14.8 Å². The summed E-state index contributed by atoms with van der Waals surface area (Å²) in [4.78, 5) is 21.0. The molecule has 0 radical (unpaired) electrons. The summed E-state index contributed by atoms with van der Waals surface area (Å²) in [5.74, 6) is -0.823. The number of rotatable bonds is 5. The van der Waals surface area contributed by atoms with Crippen molar-refractivity contribution in [3.05, 3.63) is 57.8 Å². The number of anilines is 1. The molecular formula is C12H10N4O4. The summed E-state index contributed by atoms with van der Waals surface area (Å²) in [5, 5.41) is 29.6. The Morgan fingerprint density at radius 2 is 2.00 bits per heavy atom. The molecule has 1 heterocycles. The van der Waals surface area contributed by atoms with E-state index in [4.69, 9.17) is 5.11 Å². The number of aromatic nitrogens is 2. The van der Waals surface area contributed by atoms with Gasteiger partial charge in [0, 0.05) is 18.2 Å². The van der Waals surface area contributed by atoms with Crippen LogP contribution in [0.15, 0.2) is 36.4 Å². The first-order chi connectivity index (χ1) is 9.58. The number of hydrogen-bond acceptors (Lipinski definition) is 6. The molecule has 0 spiro atoms. The van der Waals surface area contributed by atoms with E-state index in [9.17, 15) is 14.9 Å². The van der Waals surface area contributed by atoms with Crippen LogP contribution >= 0.6 is 0 Å². The lowest BCUT2D eigenvalue weighted by atomic mass is 10.2. The molecule has 0 unspecified atom stereocenters. The maximum Gasteiger partial charge on any atom is 0.356 e. The van der Waals surface area contributed by atoms with Crippen molar-refractivity contribution in [2.75, 3.05) is 5.32 Å². The van der Waals surface area contributed by atoms with Crippen LogP contribution in [-0.2, 0) is 6.54 Å². The van der Waals surface area contributed by atoms with E-state index >= 15 is 0 Å². The number of para-hydroxylation sites is 1. The van der Waals surface area contributed by atoms with Crippen LogP contribution < -0.4 is 5.32 Å². The van der Waals surface area contributed by atoms with Crippen molar-refractivity contribution >= 4 is 17.5 Å². The Morgan fingerprint density at radius 1 is 1.25 bits per heavy atom. The van der Waals surface area contributed by atoms with Gasteiger partial charge >= 0.3 is 5.97 Å². The molecule has 2 aromatic rings. The van der Waals surface area contributed by atoms with Gasteiger partial charge in [-0.05, 0) is 12.1 Å². The monoisotopic (exact) mass is 274 g/mol. The summed E-state index contributed by atoms with van der Waals surface area (Å²) in [6, 6.07) is 9.08. The number of nitro benzene ring substituents is 1. The summed E-state index contributed by atoms with van der Waals surface area (Å²) >= 11 is 0. The molecule has 0 amide bonds. The van der Waals surface area contributed by atoms with Crippen LogP contribution in [-0.4, -0.2) is 26.2 Å². The van der Waals surface area contributed by atoms with Gasteiger partial charge in [0.1, 0.15) is 5.82 Å². The summed E-state index contributed by atoms with van der Waals surface area (Å²) in [7, 11) is 0. The molecule has 1 aromatic carbocycles. The van der Waals surface area contributed by atoms with Crippen LogP contribution in [0.5, 0.6) is 0 Å². The number of nitro groups is 1. The Bertz CT molecular complexity index is 642. The second-order valence-corrected chi connectivity index (χ2v) is 3.85. The molecule has 8 heteroatoms. The van der Waals surface area contributed by atoms with Gasteiger partial charge in [-0.2, -0.15) is 0 Å². The maximum atomic E-state index is 10.8. The fourth-order valence-electron chi connectivity index (χ4n) is 1.56. The van der Waals surface area contributed by atoms with Gasteiger partial charge in [0.2, 0.25) is 0 Å². The van der Waals surface area contributed by atoms with E-state index in [1.165, 1.54) is 18.2 Å². The lowest BCUT2D eigenvalue weighted by Gasteiger charge is -2.05. The number of carboxylic acids is 1. The third kappa shape index (κ3) is 3.05. The largest absolute Gasteiger partial charge is 0.476 e. The molecular weight excluding hydrogens is 264 g/mol. The first-order valence-electron chi connectivity index (χ1n) is 5.61. The van der Waals surface area contributed by atoms with E-state index in [2.05, 4.69) is 15.5 Å². The average molecular weight is 274 g/mol. The van der Waals surface area contributed by atoms with Crippen molar-refractivity contribution in [1.82, 2.24) is 10.2 Å². The molecule has 0 aliphatic heterocycles. The minimum absolute atomic E-state index is 0.00937. The van der Waals surface area contributed by atoms with Crippen LogP contribution in [0.3, 0.4) is 0 Å². The number of carboxylic acid groups (broad SMARTS) is 1. The van der Waals surface area contributed by atoms with Crippen molar-refractivity contribution in [3.63, 3.8) is 0 Å². The lowest BCUT2D eigenvalue weighted by Crippen LogP contribution is -2.07. The average Bonchev–Trinajstić information content (AvgIpc) is 2.45. The highest BCUT2D eigenvalue weighted by Gasteiger charge is 2.12. The highest BCUT2D eigenvalue weighted by atomic mass is 16.6. The second-order valence-electron chi connectivity index (χ2n) is 3.85. The van der Waals surface area contributed by atoms with Gasteiger partial charge in [-0.1, -0.05) is 18.2 Å². The van der Waals surface area contributed by atoms with Gasteiger partial charge in [-0.25, -0.2) is 4.79 Å². The number of benzene rings is 1. The Labute approximate surface area is 113 Å². The molecule has 8 nitrogen and oxygen atoms in total. The topological polar surface area (TPSA) is 118 Å². The zero-order valence-corrected chi connectivity index (χ0v) is 10.2. The third-order valence-electron chi connectivity index (χ3n) is 2.53. The molecule has 2 rings (SSSR count). The molecule has 0 aliphatic rings. The SMILES string of the molecule is O=C(O)c1ccc(NCc2ccccc2[N+](=O)[O-])nn1. The third-order valence-corrected chi connectivity index (χ3v) is 2.53. The smallest absolute Gasteiger partial charge is 0.356 e. The second kappa shape index (κ2) is 5.74. The highest BCUT2D eigenvalue weighted by Crippen LogP contribution is 2.18. The molecule has 0 aliphatic carbocycles. The zero-order valence-electron chi connectivity index (χ0n) is 10.2. The van der Waals surface area contributed by atoms with E-state index in [-0.39, 0.29) is 17.9 Å². The maximum absolute atomic E-state index is 10.8. The Morgan fingerprint density at radius 3 is 2.60 bits per heavy atom. The Kier molecular flexibility index (Phi) is 3.85. The quantitative estimate of drug-likeness (QED) is 0.629.